The van der Waals surface area contributed by atoms with Gasteiger partial charge in [-0.2, -0.15) is 0 Å². The third kappa shape index (κ3) is 3.85. The zero-order valence-electron chi connectivity index (χ0n) is 14.8. The van der Waals surface area contributed by atoms with Crippen molar-refractivity contribution in [1.29, 1.82) is 0 Å². The second-order valence-corrected chi connectivity index (χ2v) is 8.30. The van der Waals surface area contributed by atoms with Crippen molar-refractivity contribution in [3.63, 3.8) is 0 Å². The molecule has 0 saturated carbocycles. The summed E-state index contributed by atoms with van der Waals surface area (Å²) < 4.78 is 4.39. The molecule has 0 aliphatic carbocycles. The lowest BCUT2D eigenvalue weighted by molar-refractivity contribution is 0.687. The van der Waals surface area contributed by atoms with Crippen LogP contribution < -0.4 is 5.56 Å². The van der Waals surface area contributed by atoms with Crippen LogP contribution in [0.15, 0.2) is 63.1 Å². The van der Waals surface area contributed by atoms with Gasteiger partial charge in [-0.25, -0.2) is 4.98 Å². The minimum atomic E-state index is -0.110. The van der Waals surface area contributed by atoms with Gasteiger partial charge in [0, 0.05) is 39.6 Å². The summed E-state index contributed by atoms with van der Waals surface area (Å²) in [5, 5.41) is 10.1. The largest absolute Gasteiger partial charge is 0.302 e. The average Bonchev–Trinajstić information content (AvgIpc) is 3.10. The van der Waals surface area contributed by atoms with Gasteiger partial charge in [0.05, 0.1) is 5.69 Å². The van der Waals surface area contributed by atoms with Gasteiger partial charge in [0.25, 0.3) is 5.56 Å². The fourth-order valence-electron chi connectivity index (χ4n) is 2.83. The summed E-state index contributed by atoms with van der Waals surface area (Å²) in [6.45, 7) is 2.78. The summed E-state index contributed by atoms with van der Waals surface area (Å²) in [6.07, 6.45) is 1.72. The number of fused-ring (bicyclic) bond motifs is 1. The molecule has 0 bridgehead atoms. The standard InChI is InChI=1S/C19H15BrClN5OS/c1-2-25-18(12-3-6-14(21)7-4-12)23-24-19(25)28-11-15-9-17(27)26-10-13(20)5-8-16(26)22-15/h3-10H,2,11H2,1H3. The first-order valence-corrected chi connectivity index (χ1v) is 10.7. The molecule has 0 spiro atoms. The summed E-state index contributed by atoms with van der Waals surface area (Å²) in [6, 6.07) is 12.8. The van der Waals surface area contributed by atoms with Gasteiger partial charge in [0.2, 0.25) is 0 Å². The molecule has 6 nitrogen and oxygen atoms in total. The highest BCUT2D eigenvalue weighted by atomic mass is 79.9. The first kappa shape index (κ1) is 19.2. The van der Waals surface area contributed by atoms with Crippen LogP contribution in [0.5, 0.6) is 0 Å². The highest BCUT2D eigenvalue weighted by molar-refractivity contribution is 9.10. The number of halogens is 2. The Hall–Kier alpha value is -2.16. The van der Waals surface area contributed by atoms with E-state index in [9.17, 15) is 4.79 Å². The minimum absolute atomic E-state index is 0.110. The van der Waals surface area contributed by atoms with Crippen LogP contribution in [0.25, 0.3) is 17.0 Å². The summed E-state index contributed by atoms with van der Waals surface area (Å²) >= 11 is 10.9. The Morgan fingerprint density at radius 3 is 2.68 bits per heavy atom. The van der Waals surface area contributed by atoms with Crippen LogP contribution in [0.4, 0.5) is 0 Å². The van der Waals surface area contributed by atoms with E-state index >= 15 is 0 Å². The van der Waals surface area contributed by atoms with Crippen molar-refractivity contribution in [2.24, 2.45) is 0 Å². The molecule has 0 amide bonds. The molecule has 142 valence electrons. The molecule has 0 aliphatic rings. The molecule has 4 aromatic rings. The minimum Gasteiger partial charge on any atom is -0.302 e. The van der Waals surface area contributed by atoms with Crippen LogP contribution in [-0.4, -0.2) is 24.1 Å². The van der Waals surface area contributed by atoms with Crippen molar-refractivity contribution >= 4 is 44.9 Å². The van der Waals surface area contributed by atoms with Gasteiger partial charge >= 0.3 is 0 Å². The Morgan fingerprint density at radius 1 is 1.14 bits per heavy atom. The molecule has 0 saturated heterocycles. The molecule has 28 heavy (non-hydrogen) atoms. The summed E-state index contributed by atoms with van der Waals surface area (Å²) in [5.74, 6) is 1.32. The van der Waals surface area contributed by atoms with E-state index in [4.69, 9.17) is 11.6 Å². The fourth-order valence-corrected chi connectivity index (χ4v) is 4.19. The third-order valence-corrected chi connectivity index (χ3v) is 5.88. The lowest BCUT2D eigenvalue weighted by Crippen LogP contribution is -2.15. The van der Waals surface area contributed by atoms with Crippen LogP contribution in [0, 0.1) is 0 Å². The molecule has 1 aromatic carbocycles. The third-order valence-electron chi connectivity index (χ3n) is 4.16. The number of rotatable bonds is 5. The van der Waals surface area contributed by atoms with Crippen LogP contribution >= 0.6 is 39.3 Å². The number of hydrogen-bond donors (Lipinski definition) is 0. The molecule has 0 fully saturated rings. The van der Waals surface area contributed by atoms with Crippen molar-refractivity contribution in [3.8, 4) is 11.4 Å². The maximum atomic E-state index is 12.4. The van der Waals surface area contributed by atoms with Gasteiger partial charge < -0.3 is 4.57 Å². The van der Waals surface area contributed by atoms with E-state index in [0.717, 1.165) is 27.6 Å². The van der Waals surface area contributed by atoms with E-state index in [-0.39, 0.29) is 5.56 Å². The van der Waals surface area contributed by atoms with Crippen LogP contribution in [0.1, 0.15) is 12.6 Å². The lowest BCUT2D eigenvalue weighted by Gasteiger charge is -2.08. The maximum absolute atomic E-state index is 12.4. The van der Waals surface area contributed by atoms with Gasteiger partial charge in [-0.3, -0.25) is 9.20 Å². The molecule has 0 N–H and O–H groups in total. The second-order valence-electron chi connectivity index (χ2n) is 6.01. The molecule has 3 aromatic heterocycles. The number of benzene rings is 1. The number of nitrogens with zero attached hydrogens (tertiary/aromatic N) is 5. The van der Waals surface area contributed by atoms with Crippen LogP contribution in [-0.2, 0) is 12.3 Å². The number of aromatic nitrogens is 5. The van der Waals surface area contributed by atoms with Crippen molar-refractivity contribution in [3.05, 3.63) is 74.2 Å². The summed E-state index contributed by atoms with van der Waals surface area (Å²) in [4.78, 5) is 16.9. The van der Waals surface area contributed by atoms with E-state index in [1.54, 1.807) is 12.3 Å². The highest BCUT2D eigenvalue weighted by Crippen LogP contribution is 2.26. The van der Waals surface area contributed by atoms with Crippen molar-refractivity contribution in [2.45, 2.75) is 24.4 Å². The molecule has 0 radical (unpaired) electrons. The Morgan fingerprint density at radius 2 is 1.93 bits per heavy atom. The molecule has 9 heteroatoms. The molecular formula is C19H15BrClN5OS. The monoisotopic (exact) mass is 475 g/mol. The predicted molar refractivity (Wildman–Crippen MR) is 115 cm³/mol. The number of hydrogen-bond acceptors (Lipinski definition) is 5. The molecular weight excluding hydrogens is 462 g/mol. The van der Waals surface area contributed by atoms with Crippen LogP contribution in [0.3, 0.4) is 0 Å². The van der Waals surface area contributed by atoms with Crippen molar-refractivity contribution in [1.82, 2.24) is 24.1 Å². The first-order valence-electron chi connectivity index (χ1n) is 8.55. The Labute approximate surface area is 178 Å². The quantitative estimate of drug-likeness (QED) is 0.391. The summed E-state index contributed by atoms with van der Waals surface area (Å²) in [7, 11) is 0. The number of thioether (sulfide) groups is 1. The fraction of sp³-hybridized carbons (Fsp3) is 0.158. The Kier molecular flexibility index (Phi) is 5.52. The van der Waals surface area contributed by atoms with E-state index in [1.807, 2.05) is 47.9 Å². The van der Waals surface area contributed by atoms with E-state index in [0.29, 0.717) is 22.1 Å². The smallest absolute Gasteiger partial charge is 0.258 e. The van der Waals surface area contributed by atoms with Gasteiger partial charge in [-0.1, -0.05) is 23.4 Å². The Bertz CT molecular complexity index is 1210. The first-order chi connectivity index (χ1) is 13.5. The second kappa shape index (κ2) is 8.06. The van der Waals surface area contributed by atoms with Gasteiger partial charge in [0.1, 0.15) is 5.65 Å². The van der Waals surface area contributed by atoms with E-state index in [1.165, 1.54) is 16.2 Å². The van der Waals surface area contributed by atoms with Crippen LogP contribution in [0.2, 0.25) is 5.02 Å². The molecule has 0 atom stereocenters. The molecule has 0 aliphatic heterocycles. The predicted octanol–water partition coefficient (Wildman–Crippen LogP) is 4.68. The van der Waals surface area contributed by atoms with E-state index < -0.39 is 0 Å². The topological polar surface area (TPSA) is 65.1 Å². The van der Waals surface area contributed by atoms with Gasteiger partial charge in [-0.15, -0.1) is 10.2 Å². The Balaban J connectivity index is 1.60. The van der Waals surface area contributed by atoms with Gasteiger partial charge in [-0.05, 0) is 59.3 Å². The average molecular weight is 477 g/mol. The zero-order valence-corrected chi connectivity index (χ0v) is 18.0. The summed E-state index contributed by atoms with van der Waals surface area (Å²) in [5.41, 5.74) is 2.17. The molecule has 4 rings (SSSR count). The maximum Gasteiger partial charge on any atom is 0.258 e. The SMILES string of the molecule is CCn1c(SCc2cc(=O)n3cc(Br)ccc3n2)nnc1-c1ccc(Cl)cc1. The zero-order chi connectivity index (χ0) is 19.7. The lowest BCUT2D eigenvalue weighted by atomic mass is 10.2. The normalized spacial score (nSPS) is 11.2. The molecule has 3 heterocycles. The molecule has 0 unspecified atom stereocenters. The van der Waals surface area contributed by atoms with Crippen molar-refractivity contribution < 1.29 is 0 Å². The van der Waals surface area contributed by atoms with Gasteiger partial charge in [0.15, 0.2) is 11.0 Å². The highest BCUT2D eigenvalue weighted by Gasteiger charge is 2.14. The van der Waals surface area contributed by atoms with Crippen molar-refractivity contribution in [2.75, 3.05) is 0 Å². The van der Waals surface area contributed by atoms with E-state index in [2.05, 4.69) is 31.1 Å². The number of pyridine rings is 1.